The van der Waals surface area contributed by atoms with Gasteiger partial charge in [-0.3, -0.25) is 9.78 Å². The van der Waals surface area contributed by atoms with E-state index in [1.807, 2.05) is 50.2 Å². The van der Waals surface area contributed by atoms with Gasteiger partial charge in [0.25, 0.3) is 0 Å². The first kappa shape index (κ1) is 12.6. The topological polar surface area (TPSA) is 39.2 Å². The number of para-hydroxylation sites is 1. The van der Waals surface area contributed by atoms with Gasteiger partial charge in [0.2, 0.25) is 0 Å². The summed E-state index contributed by atoms with van der Waals surface area (Å²) in [5.41, 5.74) is 1.89. The second-order valence-corrected chi connectivity index (χ2v) is 4.35. The van der Waals surface area contributed by atoms with Crippen LogP contribution in [0.3, 0.4) is 0 Å². The molecule has 0 amide bonds. The molecule has 0 N–H and O–H groups in total. The summed E-state index contributed by atoms with van der Waals surface area (Å²) in [5.74, 6) is -0.314. The molecule has 0 aliphatic rings. The predicted molar refractivity (Wildman–Crippen MR) is 71.2 cm³/mol. The van der Waals surface area contributed by atoms with Crippen LogP contribution in [0.4, 0.5) is 0 Å². The number of pyridine rings is 1. The predicted octanol–water partition coefficient (Wildman–Crippen LogP) is 2.98. The summed E-state index contributed by atoms with van der Waals surface area (Å²) in [6.45, 7) is 4.11. The van der Waals surface area contributed by atoms with Crippen molar-refractivity contribution in [2.24, 2.45) is 5.92 Å². The highest BCUT2D eigenvalue weighted by molar-refractivity contribution is 5.78. The van der Waals surface area contributed by atoms with Gasteiger partial charge in [-0.15, -0.1) is 0 Å². The van der Waals surface area contributed by atoms with Crippen LogP contribution in [0.5, 0.6) is 0 Å². The second-order valence-electron chi connectivity index (χ2n) is 4.35. The van der Waals surface area contributed by atoms with Crippen LogP contribution < -0.4 is 0 Å². The van der Waals surface area contributed by atoms with Gasteiger partial charge in [-0.05, 0) is 19.1 Å². The van der Waals surface area contributed by atoms with Gasteiger partial charge in [0.05, 0.1) is 18.0 Å². The normalized spacial score (nSPS) is 12.3. The van der Waals surface area contributed by atoms with E-state index in [0.717, 1.165) is 16.6 Å². The van der Waals surface area contributed by atoms with Crippen molar-refractivity contribution in [2.75, 3.05) is 6.61 Å². The maximum Gasteiger partial charge on any atom is 0.309 e. The Morgan fingerprint density at radius 1 is 1.28 bits per heavy atom. The first-order valence-electron chi connectivity index (χ1n) is 6.22. The molecule has 0 spiro atoms. The van der Waals surface area contributed by atoms with Crippen molar-refractivity contribution in [3.05, 3.63) is 42.1 Å². The van der Waals surface area contributed by atoms with Crippen molar-refractivity contribution in [1.82, 2.24) is 4.98 Å². The zero-order valence-corrected chi connectivity index (χ0v) is 10.7. The van der Waals surface area contributed by atoms with E-state index in [9.17, 15) is 4.79 Å². The van der Waals surface area contributed by atoms with Crippen molar-refractivity contribution in [3.63, 3.8) is 0 Å². The molecule has 18 heavy (non-hydrogen) atoms. The van der Waals surface area contributed by atoms with Crippen molar-refractivity contribution < 1.29 is 9.53 Å². The average molecular weight is 243 g/mol. The number of nitrogens with zero attached hydrogens (tertiary/aromatic N) is 1. The van der Waals surface area contributed by atoms with Gasteiger partial charge in [0, 0.05) is 17.5 Å². The number of hydrogen-bond acceptors (Lipinski definition) is 3. The lowest BCUT2D eigenvalue weighted by atomic mass is 10.0. The van der Waals surface area contributed by atoms with Crippen LogP contribution in [-0.4, -0.2) is 17.6 Å². The zero-order valence-electron chi connectivity index (χ0n) is 10.7. The molecule has 0 saturated heterocycles. The van der Waals surface area contributed by atoms with Crippen molar-refractivity contribution in [3.8, 4) is 0 Å². The summed E-state index contributed by atoms with van der Waals surface area (Å²) in [6.07, 6.45) is 0.615. The van der Waals surface area contributed by atoms with Crippen molar-refractivity contribution in [1.29, 1.82) is 0 Å². The van der Waals surface area contributed by atoms with Gasteiger partial charge >= 0.3 is 5.97 Å². The minimum absolute atomic E-state index is 0.154. The fourth-order valence-electron chi connectivity index (χ4n) is 1.90. The molecular weight excluding hydrogens is 226 g/mol. The Balaban J connectivity index is 2.14. The van der Waals surface area contributed by atoms with Crippen molar-refractivity contribution in [2.45, 2.75) is 20.3 Å². The summed E-state index contributed by atoms with van der Waals surface area (Å²) in [4.78, 5) is 16.1. The number of fused-ring (bicyclic) bond motifs is 1. The molecule has 3 nitrogen and oxygen atoms in total. The third-order valence-corrected chi connectivity index (χ3v) is 2.86. The molecule has 94 valence electrons. The molecule has 3 heteroatoms. The van der Waals surface area contributed by atoms with E-state index in [2.05, 4.69) is 4.98 Å². The molecule has 0 radical (unpaired) electrons. The number of benzene rings is 1. The fraction of sp³-hybridized carbons (Fsp3) is 0.333. The number of rotatable bonds is 4. The molecule has 0 aliphatic carbocycles. The van der Waals surface area contributed by atoms with Crippen LogP contribution in [0.1, 0.15) is 19.5 Å². The van der Waals surface area contributed by atoms with Gasteiger partial charge in [-0.25, -0.2) is 0 Å². The molecular formula is C15H17NO2. The standard InChI is InChI=1S/C15H17NO2/c1-3-18-15(17)11(2)10-13-9-8-12-6-4-5-7-14(12)16-13/h4-9,11H,3,10H2,1-2H3. The Hall–Kier alpha value is -1.90. The minimum atomic E-state index is -0.160. The highest BCUT2D eigenvalue weighted by atomic mass is 16.5. The molecule has 0 fully saturated rings. The smallest absolute Gasteiger partial charge is 0.309 e. The summed E-state index contributed by atoms with van der Waals surface area (Å²) in [7, 11) is 0. The first-order chi connectivity index (χ1) is 8.70. The lowest BCUT2D eigenvalue weighted by Crippen LogP contribution is -2.17. The van der Waals surface area contributed by atoms with Crippen LogP contribution in [0.2, 0.25) is 0 Å². The van der Waals surface area contributed by atoms with Crippen LogP contribution in [-0.2, 0) is 16.0 Å². The number of aromatic nitrogens is 1. The number of esters is 1. The van der Waals surface area contributed by atoms with Crippen LogP contribution in [0.25, 0.3) is 10.9 Å². The largest absolute Gasteiger partial charge is 0.466 e. The minimum Gasteiger partial charge on any atom is -0.466 e. The molecule has 2 rings (SSSR count). The number of carbonyl (C=O) groups excluding carboxylic acids is 1. The molecule has 2 aromatic rings. The number of carbonyl (C=O) groups is 1. The van der Waals surface area contributed by atoms with Crippen LogP contribution in [0, 0.1) is 5.92 Å². The first-order valence-corrected chi connectivity index (χ1v) is 6.22. The Labute approximate surface area is 107 Å². The van der Waals surface area contributed by atoms with E-state index >= 15 is 0 Å². The van der Waals surface area contributed by atoms with Gasteiger partial charge in [0.1, 0.15) is 0 Å². The van der Waals surface area contributed by atoms with Crippen LogP contribution >= 0.6 is 0 Å². The van der Waals surface area contributed by atoms with Crippen LogP contribution in [0.15, 0.2) is 36.4 Å². The quantitative estimate of drug-likeness (QED) is 0.775. The Bertz CT molecular complexity index is 551. The number of ether oxygens (including phenoxy) is 1. The molecule has 0 saturated carbocycles. The van der Waals surface area contributed by atoms with Gasteiger partial charge in [0.15, 0.2) is 0 Å². The maximum atomic E-state index is 11.6. The molecule has 1 aromatic heterocycles. The average Bonchev–Trinajstić information content (AvgIpc) is 2.39. The zero-order chi connectivity index (χ0) is 13.0. The van der Waals surface area contributed by atoms with Gasteiger partial charge in [-0.1, -0.05) is 31.2 Å². The van der Waals surface area contributed by atoms with Gasteiger partial charge in [-0.2, -0.15) is 0 Å². The Morgan fingerprint density at radius 3 is 2.83 bits per heavy atom. The summed E-state index contributed by atoms with van der Waals surface area (Å²) < 4.78 is 5.00. The monoisotopic (exact) mass is 243 g/mol. The van der Waals surface area contributed by atoms with Crippen molar-refractivity contribution >= 4 is 16.9 Å². The SMILES string of the molecule is CCOC(=O)C(C)Cc1ccc2ccccc2n1. The van der Waals surface area contributed by atoms with E-state index < -0.39 is 0 Å². The second kappa shape index (κ2) is 5.63. The maximum absolute atomic E-state index is 11.6. The fourth-order valence-corrected chi connectivity index (χ4v) is 1.90. The van der Waals surface area contributed by atoms with E-state index in [4.69, 9.17) is 4.74 Å². The van der Waals surface area contributed by atoms with E-state index in [-0.39, 0.29) is 11.9 Å². The molecule has 1 unspecified atom stereocenters. The lowest BCUT2D eigenvalue weighted by Gasteiger charge is -2.10. The number of hydrogen-bond donors (Lipinski definition) is 0. The Morgan fingerprint density at radius 2 is 2.06 bits per heavy atom. The lowest BCUT2D eigenvalue weighted by molar-refractivity contribution is -0.147. The summed E-state index contributed by atoms with van der Waals surface area (Å²) in [6, 6.07) is 12.0. The third kappa shape index (κ3) is 2.86. The molecule has 1 aromatic carbocycles. The van der Waals surface area contributed by atoms with Gasteiger partial charge < -0.3 is 4.74 Å². The van der Waals surface area contributed by atoms with E-state index in [1.54, 1.807) is 0 Å². The molecule has 0 bridgehead atoms. The van der Waals surface area contributed by atoms with E-state index in [1.165, 1.54) is 0 Å². The summed E-state index contributed by atoms with van der Waals surface area (Å²) >= 11 is 0. The molecule has 1 heterocycles. The molecule has 1 atom stereocenters. The Kier molecular flexibility index (Phi) is 3.92. The van der Waals surface area contributed by atoms with E-state index in [0.29, 0.717) is 13.0 Å². The summed E-state index contributed by atoms with van der Waals surface area (Å²) in [5, 5.41) is 1.12. The third-order valence-electron chi connectivity index (χ3n) is 2.86. The highest BCUT2D eigenvalue weighted by Gasteiger charge is 2.15. The molecule has 0 aliphatic heterocycles. The highest BCUT2D eigenvalue weighted by Crippen LogP contribution is 2.14.